The topological polar surface area (TPSA) is 55.1 Å². The molecule has 0 bridgehead atoms. The third-order valence-electron chi connectivity index (χ3n) is 4.20. The Morgan fingerprint density at radius 1 is 1.32 bits per heavy atom. The fraction of sp³-hybridized carbons (Fsp3) is 0.467. The van der Waals surface area contributed by atoms with E-state index < -0.39 is 5.97 Å². The molecule has 1 fully saturated rings. The molecule has 0 saturated heterocycles. The Hall–Kier alpha value is -1.84. The quantitative estimate of drug-likeness (QED) is 0.897. The Morgan fingerprint density at radius 3 is 2.74 bits per heavy atom. The van der Waals surface area contributed by atoms with Gasteiger partial charge in [-0.3, -0.25) is 0 Å². The van der Waals surface area contributed by atoms with Crippen molar-refractivity contribution in [3.8, 4) is 0 Å². The lowest BCUT2D eigenvalue weighted by molar-refractivity contribution is 0.0697. The Labute approximate surface area is 112 Å². The largest absolute Gasteiger partial charge is 0.478 e. The van der Waals surface area contributed by atoms with Crippen LogP contribution in [-0.2, 0) is 0 Å². The molecule has 1 aliphatic carbocycles. The first-order valence-corrected chi connectivity index (χ1v) is 6.85. The summed E-state index contributed by atoms with van der Waals surface area (Å²) in [5.41, 5.74) is 2.12. The molecule has 0 atom stereocenters. The highest BCUT2D eigenvalue weighted by atomic mass is 16.4. The van der Waals surface area contributed by atoms with Crippen molar-refractivity contribution in [1.29, 1.82) is 0 Å². The number of benzene rings is 1. The third-order valence-corrected chi connectivity index (χ3v) is 4.20. The highest BCUT2D eigenvalue weighted by Crippen LogP contribution is 2.33. The van der Waals surface area contributed by atoms with E-state index in [1.54, 1.807) is 12.1 Å². The van der Waals surface area contributed by atoms with Gasteiger partial charge in [0, 0.05) is 6.04 Å². The molecule has 1 aromatic heterocycles. The molecule has 0 radical (unpaired) electrons. The number of carbonyl (C=O) groups is 1. The average Bonchev–Trinajstić information content (AvgIpc) is 2.82. The lowest BCUT2D eigenvalue weighted by Gasteiger charge is -2.27. The van der Waals surface area contributed by atoms with Crippen molar-refractivity contribution in [2.45, 2.75) is 38.6 Å². The summed E-state index contributed by atoms with van der Waals surface area (Å²) < 4.78 is 2.22. The van der Waals surface area contributed by atoms with Gasteiger partial charge >= 0.3 is 5.97 Å². The Morgan fingerprint density at radius 2 is 2.05 bits per heavy atom. The summed E-state index contributed by atoms with van der Waals surface area (Å²) in [5, 5.41) is 8.99. The molecular weight excluding hydrogens is 240 g/mol. The minimum Gasteiger partial charge on any atom is -0.478 e. The highest BCUT2D eigenvalue weighted by Gasteiger charge is 2.21. The van der Waals surface area contributed by atoms with Crippen LogP contribution in [0.3, 0.4) is 0 Å². The van der Waals surface area contributed by atoms with Crippen LogP contribution in [0, 0.1) is 5.92 Å². The molecular formula is C15H18N2O2. The summed E-state index contributed by atoms with van der Waals surface area (Å²) in [5.74, 6) is -0.0763. The van der Waals surface area contributed by atoms with Gasteiger partial charge in [-0.2, -0.15) is 0 Å². The Kier molecular flexibility index (Phi) is 3.01. The fourth-order valence-electron chi connectivity index (χ4n) is 2.98. The Bertz CT molecular complexity index is 610. The van der Waals surface area contributed by atoms with Crippen LogP contribution in [0.4, 0.5) is 0 Å². The minimum atomic E-state index is -0.900. The summed E-state index contributed by atoms with van der Waals surface area (Å²) in [6.45, 7) is 2.31. The summed E-state index contributed by atoms with van der Waals surface area (Å²) in [6, 6.07) is 5.70. The van der Waals surface area contributed by atoms with E-state index >= 15 is 0 Å². The van der Waals surface area contributed by atoms with Crippen LogP contribution in [0.2, 0.25) is 0 Å². The number of imidazole rings is 1. The predicted octanol–water partition coefficient (Wildman–Crippen LogP) is 3.49. The smallest absolute Gasteiger partial charge is 0.335 e. The number of nitrogens with zero attached hydrogens (tertiary/aromatic N) is 2. The fourth-order valence-corrected chi connectivity index (χ4v) is 2.98. The van der Waals surface area contributed by atoms with Gasteiger partial charge in [-0.25, -0.2) is 9.78 Å². The number of carboxylic acid groups (broad SMARTS) is 1. The standard InChI is InChI=1S/C15H18N2O2/c1-10-2-5-12(6-3-10)17-9-16-13-8-11(15(18)19)4-7-14(13)17/h4,7-10,12H,2-3,5-6H2,1H3,(H,18,19). The molecule has 1 aliphatic rings. The first-order valence-electron chi connectivity index (χ1n) is 6.85. The van der Waals surface area contributed by atoms with Gasteiger partial charge in [-0.15, -0.1) is 0 Å². The predicted molar refractivity (Wildman–Crippen MR) is 73.4 cm³/mol. The number of hydrogen-bond acceptors (Lipinski definition) is 2. The molecule has 1 saturated carbocycles. The maximum Gasteiger partial charge on any atom is 0.335 e. The summed E-state index contributed by atoms with van der Waals surface area (Å²) in [7, 11) is 0. The second-order valence-corrected chi connectivity index (χ2v) is 5.57. The molecule has 4 heteroatoms. The number of rotatable bonds is 2. The number of aromatic carboxylic acids is 1. The molecule has 1 heterocycles. The molecule has 2 aromatic rings. The molecule has 1 N–H and O–H groups in total. The normalized spacial score (nSPS) is 23.6. The van der Waals surface area contributed by atoms with Crippen molar-refractivity contribution in [2.75, 3.05) is 0 Å². The van der Waals surface area contributed by atoms with Gasteiger partial charge in [0.05, 0.1) is 22.9 Å². The van der Waals surface area contributed by atoms with Crippen LogP contribution in [0.5, 0.6) is 0 Å². The summed E-state index contributed by atoms with van der Waals surface area (Å²) >= 11 is 0. The molecule has 0 amide bonds. The van der Waals surface area contributed by atoms with E-state index in [0.717, 1.165) is 17.0 Å². The first kappa shape index (κ1) is 12.2. The van der Waals surface area contributed by atoms with E-state index in [1.165, 1.54) is 25.7 Å². The van der Waals surface area contributed by atoms with Gasteiger partial charge in [0.25, 0.3) is 0 Å². The SMILES string of the molecule is CC1CCC(n2cnc3cc(C(=O)O)ccc32)CC1. The summed E-state index contributed by atoms with van der Waals surface area (Å²) in [6.07, 6.45) is 6.76. The number of hydrogen-bond donors (Lipinski definition) is 1. The van der Waals surface area contributed by atoms with E-state index in [0.29, 0.717) is 11.6 Å². The molecule has 100 valence electrons. The van der Waals surface area contributed by atoms with Gasteiger partial charge < -0.3 is 9.67 Å². The molecule has 0 spiro atoms. The number of fused-ring (bicyclic) bond motifs is 1. The van der Waals surface area contributed by atoms with Crippen molar-refractivity contribution in [3.63, 3.8) is 0 Å². The zero-order chi connectivity index (χ0) is 13.4. The second-order valence-electron chi connectivity index (χ2n) is 5.57. The summed E-state index contributed by atoms with van der Waals surface area (Å²) in [4.78, 5) is 15.3. The molecule has 1 aromatic carbocycles. The van der Waals surface area contributed by atoms with Gasteiger partial charge in [-0.1, -0.05) is 6.92 Å². The number of carboxylic acids is 1. The van der Waals surface area contributed by atoms with E-state index in [1.807, 2.05) is 12.4 Å². The molecule has 0 unspecified atom stereocenters. The van der Waals surface area contributed by atoms with Crippen molar-refractivity contribution in [2.24, 2.45) is 5.92 Å². The average molecular weight is 258 g/mol. The maximum atomic E-state index is 11.0. The molecule has 4 nitrogen and oxygen atoms in total. The van der Waals surface area contributed by atoms with Crippen LogP contribution in [0.1, 0.15) is 49.0 Å². The first-order chi connectivity index (χ1) is 9.15. The van der Waals surface area contributed by atoms with E-state index in [2.05, 4.69) is 16.5 Å². The second kappa shape index (κ2) is 4.68. The zero-order valence-corrected chi connectivity index (χ0v) is 11.0. The maximum absolute atomic E-state index is 11.0. The van der Waals surface area contributed by atoms with E-state index in [-0.39, 0.29) is 0 Å². The van der Waals surface area contributed by atoms with Crippen molar-refractivity contribution in [1.82, 2.24) is 9.55 Å². The lowest BCUT2D eigenvalue weighted by atomic mass is 9.87. The van der Waals surface area contributed by atoms with Gasteiger partial charge in [0.1, 0.15) is 0 Å². The zero-order valence-electron chi connectivity index (χ0n) is 11.0. The minimum absolute atomic E-state index is 0.301. The Balaban J connectivity index is 1.95. The van der Waals surface area contributed by atoms with Crippen LogP contribution < -0.4 is 0 Å². The van der Waals surface area contributed by atoms with E-state index in [9.17, 15) is 4.79 Å². The van der Waals surface area contributed by atoms with Crippen LogP contribution in [-0.4, -0.2) is 20.6 Å². The molecule has 19 heavy (non-hydrogen) atoms. The van der Waals surface area contributed by atoms with Gasteiger partial charge in [-0.05, 0) is 49.8 Å². The van der Waals surface area contributed by atoms with Gasteiger partial charge in [0.2, 0.25) is 0 Å². The van der Waals surface area contributed by atoms with E-state index in [4.69, 9.17) is 5.11 Å². The van der Waals surface area contributed by atoms with Crippen LogP contribution >= 0.6 is 0 Å². The highest BCUT2D eigenvalue weighted by molar-refractivity contribution is 5.92. The monoisotopic (exact) mass is 258 g/mol. The lowest BCUT2D eigenvalue weighted by Crippen LogP contribution is -2.16. The molecule has 3 rings (SSSR count). The van der Waals surface area contributed by atoms with Crippen LogP contribution in [0.15, 0.2) is 24.5 Å². The third kappa shape index (κ3) is 2.23. The number of aromatic nitrogens is 2. The van der Waals surface area contributed by atoms with Crippen LogP contribution in [0.25, 0.3) is 11.0 Å². The molecule has 0 aliphatic heterocycles. The van der Waals surface area contributed by atoms with Crippen molar-refractivity contribution >= 4 is 17.0 Å². The van der Waals surface area contributed by atoms with Gasteiger partial charge in [0.15, 0.2) is 0 Å². The van der Waals surface area contributed by atoms with Crippen molar-refractivity contribution in [3.05, 3.63) is 30.1 Å². The van der Waals surface area contributed by atoms with Crippen molar-refractivity contribution < 1.29 is 9.90 Å².